The standard InChI is InChI=1S/C27H38NO9P.C2H7NO/c1-5-25(3)15-21(26(4)16(2)10-12-27(14-20(25)30)13-11-19(29)22(26)27)36-24(32)28-23(31)17-6-8-18(9-7-17)37-38(33,34)35;3-1-2-4/h6-9,16,20-22,30H,5,10-15H2,1-4H3,(H,28,31,32)(H2,33,34,35);4H,1-3H2/t16-,20+,21-,22+,25-,26+,27?;/m1./s1. The van der Waals surface area contributed by atoms with E-state index in [0.717, 1.165) is 19.3 Å². The molecule has 7 N–H and O–H groups in total. The number of aliphatic hydroxyl groups is 2. The van der Waals surface area contributed by atoms with Gasteiger partial charge in [0.25, 0.3) is 5.91 Å². The minimum atomic E-state index is -4.74. The predicted octanol–water partition coefficient (Wildman–Crippen LogP) is 3.30. The number of carbonyl (C=O) groups is 3. The lowest BCUT2D eigenvalue weighted by molar-refractivity contribution is -0.179. The number of hydrogen-bond donors (Lipinski definition) is 6. The number of Topliss-reactive ketones (excluding diaryl/α,β-unsaturated/α-hetero) is 1. The fraction of sp³-hybridized carbons (Fsp3) is 0.690. The molecule has 0 aromatic heterocycles. The minimum Gasteiger partial charge on any atom is -0.445 e. The van der Waals surface area contributed by atoms with Crippen LogP contribution in [0.1, 0.15) is 83.0 Å². The number of alkyl carbamates (subject to hydrolysis) is 1. The molecule has 3 aliphatic rings. The zero-order valence-corrected chi connectivity index (χ0v) is 25.6. The van der Waals surface area contributed by atoms with Crippen LogP contribution in [0.25, 0.3) is 0 Å². The number of nitrogens with one attached hydrogen (secondary N) is 1. The highest BCUT2D eigenvalue weighted by molar-refractivity contribution is 7.46. The average molecular weight is 613 g/mol. The van der Waals surface area contributed by atoms with Crippen molar-refractivity contribution in [1.29, 1.82) is 0 Å². The number of ether oxygens (including phenoxy) is 1. The molecule has 7 atom stereocenters. The van der Waals surface area contributed by atoms with Gasteiger partial charge in [-0.3, -0.25) is 24.7 Å². The van der Waals surface area contributed by atoms with Gasteiger partial charge in [0.2, 0.25) is 0 Å². The van der Waals surface area contributed by atoms with Crippen molar-refractivity contribution in [2.45, 2.75) is 84.8 Å². The quantitative estimate of drug-likeness (QED) is 0.257. The number of phosphoric acid groups is 1. The van der Waals surface area contributed by atoms with Crippen LogP contribution in [0.2, 0.25) is 0 Å². The Labute approximate surface area is 246 Å². The van der Waals surface area contributed by atoms with Crippen molar-refractivity contribution in [2.75, 3.05) is 13.2 Å². The van der Waals surface area contributed by atoms with E-state index < -0.39 is 42.9 Å². The first kappa shape index (κ1) is 34.2. The Morgan fingerprint density at radius 3 is 2.31 bits per heavy atom. The lowest BCUT2D eigenvalue weighted by Crippen LogP contribution is -2.61. The number of phosphoric ester groups is 1. The van der Waals surface area contributed by atoms with E-state index in [1.807, 2.05) is 20.8 Å². The number of rotatable bonds is 6. The number of benzene rings is 1. The Kier molecular flexibility index (Phi) is 10.7. The van der Waals surface area contributed by atoms with Gasteiger partial charge in [-0.2, -0.15) is 0 Å². The molecule has 2 bridgehead atoms. The Morgan fingerprint density at radius 1 is 1.14 bits per heavy atom. The summed E-state index contributed by atoms with van der Waals surface area (Å²) >= 11 is 0. The topological polar surface area (TPSA) is 206 Å². The van der Waals surface area contributed by atoms with Gasteiger partial charge in [-0.15, -0.1) is 0 Å². The highest BCUT2D eigenvalue weighted by atomic mass is 31.2. The molecule has 3 saturated carbocycles. The maximum absolute atomic E-state index is 13.3. The summed E-state index contributed by atoms with van der Waals surface area (Å²) in [6, 6.07) is 4.95. The molecule has 1 aromatic rings. The van der Waals surface area contributed by atoms with Crippen LogP contribution in [0.4, 0.5) is 4.79 Å². The largest absolute Gasteiger partial charge is 0.524 e. The van der Waals surface area contributed by atoms with Crippen molar-refractivity contribution in [2.24, 2.45) is 33.8 Å². The van der Waals surface area contributed by atoms with E-state index in [9.17, 15) is 24.1 Å². The molecule has 0 spiro atoms. The smallest absolute Gasteiger partial charge is 0.445 e. The summed E-state index contributed by atoms with van der Waals surface area (Å²) in [7, 11) is -4.74. The third-order valence-corrected chi connectivity index (χ3v) is 10.5. The van der Waals surface area contributed by atoms with Crippen LogP contribution < -0.4 is 15.6 Å². The number of nitrogens with two attached hydrogens (primary N) is 1. The number of amides is 2. The molecule has 1 unspecified atom stereocenters. The fourth-order valence-corrected chi connectivity index (χ4v) is 7.69. The molecule has 3 aliphatic carbocycles. The minimum absolute atomic E-state index is 0.0636. The molecule has 0 heterocycles. The van der Waals surface area contributed by atoms with Crippen molar-refractivity contribution < 1.29 is 48.2 Å². The van der Waals surface area contributed by atoms with Gasteiger partial charge >= 0.3 is 13.9 Å². The third-order valence-electron chi connectivity index (χ3n) is 10.1. The molecule has 0 saturated heterocycles. The molecule has 0 aliphatic heterocycles. The van der Waals surface area contributed by atoms with Gasteiger partial charge in [-0.05, 0) is 79.5 Å². The SMILES string of the molecule is CC[C@]1(C)C[C@@H](OC(=O)NC(=O)c2ccc(OP(=O)(O)O)cc2)[C@]2(C)[C@H](C)CCC3(CCC(=O)[C@H]32)C[C@@H]1O.NCCO. The van der Waals surface area contributed by atoms with E-state index in [1.54, 1.807) is 0 Å². The molecule has 1 aromatic carbocycles. The predicted molar refractivity (Wildman–Crippen MR) is 153 cm³/mol. The van der Waals surface area contributed by atoms with Gasteiger partial charge in [-0.25, -0.2) is 9.36 Å². The summed E-state index contributed by atoms with van der Waals surface area (Å²) in [5, 5.41) is 21.4. The Hall–Kier alpha value is -2.34. The van der Waals surface area contributed by atoms with E-state index in [2.05, 4.69) is 16.8 Å². The summed E-state index contributed by atoms with van der Waals surface area (Å²) in [6.45, 7) is 8.60. The molecule has 13 heteroatoms. The molecule has 12 nitrogen and oxygen atoms in total. The summed E-state index contributed by atoms with van der Waals surface area (Å²) in [6.07, 6.45) is 2.21. The van der Waals surface area contributed by atoms with E-state index in [1.165, 1.54) is 24.3 Å². The Balaban J connectivity index is 0.00000114. The molecular formula is C29H45N2O10P. The second kappa shape index (κ2) is 13.1. The maximum Gasteiger partial charge on any atom is 0.524 e. The molecular weight excluding hydrogens is 567 g/mol. The van der Waals surface area contributed by atoms with E-state index in [-0.39, 0.29) is 41.0 Å². The van der Waals surface area contributed by atoms with Gasteiger partial charge in [0.05, 0.1) is 12.7 Å². The zero-order chi connectivity index (χ0) is 31.5. The van der Waals surface area contributed by atoms with Crippen molar-refractivity contribution in [1.82, 2.24) is 5.32 Å². The number of aliphatic hydroxyl groups excluding tert-OH is 2. The van der Waals surface area contributed by atoms with Gasteiger partial charge in [0.15, 0.2) is 0 Å². The van der Waals surface area contributed by atoms with Crippen LogP contribution >= 0.6 is 7.82 Å². The van der Waals surface area contributed by atoms with Gasteiger partial charge < -0.3 is 25.2 Å². The number of carbonyl (C=O) groups excluding carboxylic acids is 3. The summed E-state index contributed by atoms with van der Waals surface area (Å²) in [5.74, 6) is -0.962. The molecule has 42 heavy (non-hydrogen) atoms. The van der Waals surface area contributed by atoms with Crippen LogP contribution in [0.5, 0.6) is 5.75 Å². The summed E-state index contributed by atoms with van der Waals surface area (Å²) < 4.78 is 21.5. The zero-order valence-electron chi connectivity index (χ0n) is 24.7. The normalized spacial score (nSPS) is 34.2. The van der Waals surface area contributed by atoms with Crippen LogP contribution in [0.3, 0.4) is 0 Å². The molecule has 2 amide bonds. The van der Waals surface area contributed by atoms with Gasteiger partial charge in [0, 0.05) is 29.9 Å². The number of ketones is 1. The molecule has 236 valence electrons. The van der Waals surface area contributed by atoms with E-state index >= 15 is 0 Å². The monoisotopic (exact) mass is 612 g/mol. The summed E-state index contributed by atoms with van der Waals surface area (Å²) in [5.41, 5.74) is 3.34. The van der Waals surface area contributed by atoms with Gasteiger partial charge in [-0.1, -0.05) is 27.7 Å². The molecule has 0 radical (unpaired) electrons. The van der Waals surface area contributed by atoms with Crippen molar-refractivity contribution in [3.63, 3.8) is 0 Å². The van der Waals surface area contributed by atoms with Crippen LogP contribution in [0, 0.1) is 28.1 Å². The Morgan fingerprint density at radius 2 is 1.76 bits per heavy atom. The van der Waals surface area contributed by atoms with Crippen LogP contribution in [-0.4, -0.2) is 63.1 Å². The van der Waals surface area contributed by atoms with Crippen molar-refractivity contribution >= 4 is 25.6 Å². The lowest BCUT2D eigenvalue weighted by Gasteiger charge is -2.59. The number of imide groups is 1. The van der Waals surface area contributed by atoms with E-state index in [4.69, 9.17) is 25.4 Å². The third kappa shape index (κ3) is 7.06. The van der Waals surface area contributed by atoms with Crippen LogP contribution in [0.15, 0.2) is 24.3 Å². The lowest BCUT2D eigenvalue weighted by atomic mass is 9.46. The molecule has 3 fully saturated rings. The second-order valence-electron chi connectivity index (χ2n) is 12.5. The van der Waals surface area contributed by atoms with Crippen LogP contribution in [-0.2, 0) is 14.1 Å². The van der Waals surface area contributed by atoms with Gasteiger partial charge in [0.1, 0.15) is 17.6 Å². The van der Waals surface area contributed by atoms with E-state index in [0.29, 0.717) is 32.2 Å². The van der Waals surface area contributed by atoms with Crippen molar-refractivity contribution in [3.8, 4) is 5.75 Å². The first-order chi connectivity index (χ1) is 19.5. The highest BCUT2D eigenvalue weighted by Crippen LogP contribution is 2.66. The average Bonchev–Trinajstić information content (AvgIpc) is 3.26. The summed E-state index contributed by atoms with van der Waals surface area (Å²) in [4.78, 5) is 57.0. The second-order valence-corrected chi connectivity index (χ2v) is 13.6. The molecule has 4 rings (SSSR count). The van der Waals surface area contributed by atoms with Crippen molar-refractivity contribution in [3.05, 3.63) is 29.8 Å². The Bertz CT molecular complexity index is 1190. The highest BCUT2D eigenvalue weighted by Gasteiger charge is 2.66. The maximum atomic E-state index is 13.3. The fourth-order valence-electron chi connectivity index (χ4n) is 7.29. The number of hydrogen-bond acceptors (Lipinski definition) is 9. The first-order valence-corrected chi connectivity index (χ1v) is 16.0. The first-order valence-electron chi connectivity index (χ1n) is 14.4.